The molecule has 0 radical (unpaired) electrons. The molecule has 0 saturated heterocycles. The Morgan fingerprint density at radius 3 is 2.56 bits per heavy atom. The average Bonchev–Trinajstić information content (AvgIpc) is 2.98. The van der Waals surface area contributed by atoms with Crippen molar-refractivity contribution < 1.29 is 28.9 Å². The number of nitrogens with one attached hydrogen (secondary N) is 2. The number of ether oxygens (including phenoxy) is 3. The summed E-state index contributed by atoms with van der Waals surface area (Å²) in [4.78, 5) is 25.3. The third-order valence-electron chi connectivity index (χ3n) is 5.87. The maximum atomic E-state index is 12.9. The van der Waals surface area contributed by atoms with Crippen LogP contribution in [0, 0.1) is 11.3 Å². The molecule has 214 valence electrons. The minimum Gasteiger partial charge on any atom is -0.491 e. The minimum atomic E-state index is -0.822. The summed E-state index contributed by atoms with van der Waals surface area (Å²) in [5.41, 5.74) is 8.45. The van der Waals surface area contributed by atoms with Crippen molar-refractivity contribution in [3.05, 3.63) is 96.1 Å². The number of allylic oxidation sites excluding steroid dienone is 1. The Balaban J connectivity index is 1.74. The summed E-state index contributed by atoms with van der Waals surface area (Å²) in [6, 6.07) is 22.4. The van der Waals surface area contributed by atoms with Crippen LogP contribution in [0.1, 0.15) is 37.0 Å². The molecule has 5 N–H and O–H groups in total. The van der Waals surface area contributed by atoms with E-state index in [0.29, 0.717) is 53.4 Å². The van der Waals surface area contributed by atoms with Crippen molar-refractivity contribution in [2.24, 2.45) is 0 Å². The fourth-order valence-electron chi connectivity index (χ4n) is 3.97. The summed E-state index contributed by atoms with van der Waals surface area (Å²) < 4.78 is 17.4. The van der Waals surface area contributed by atoms with E-state index in [2.05, 4.69) is 10.6 Å². The van der Waals surface area contributed by atoms with Gasteiger partial charge in [-0.15, -0.1) is 0 Å². The molecule has 3 rings (SSSR count). The highest BCUT2D eigenvalue weighted by Crippen LogP contribution is 2.30. The fourth-order valence-corrected chi connectivity index (χ4v) is 3.97. The number of carbonyl (C=O) groups excluding carboxylic acids is 2. The van der Waals surface area contributed by atoms with E-state index < -0.39 is 18.3 Å². The van der Waals surface area contributed by atoms with Crippen LogP contribution in [0.3, 0.4) is 0 Å². The van der Waals surface area contributed by atoms with Crippen molar-refractivity contribution in [2.45, 2.75) is 32.0 Å². The summed E-state index contributed by atoms with van der Waals surface area (Å²) in [5.74, 6) is 0.184. The molecule has 0 aliphatic carbocycles. The van der Waals surface area contributed by atoms with Crippen molar-refractivity contribution in [1.29, 1.82) is 5.26 Å². The van der Waals surface area contributed by atoms with Gasteiger partial charge in [-0.1, -0.05) is 30.3 Å². The number of nitrogens with zero attached hydrogens (tertiary/aromatic N) is 1. The number of aliphatic hydroxyl groups is 1. The van der Waals surface area contributed by atoms with Gasteiger partial charge in [-0.2, -0.15) is 5.26 Å². The van der Waals surface area contributed by atoms with Crippen molar-refractivity contribution in [3.63, 3.8) is 0 Å². The first-order valence-electron chi connectivity index (χ1n) is 13.2. The van der Waals surface area contributed by atoms with Gasteiger partial charge in [-0.05, 0) is 79.9 Å². The molecule has 0 bridgehead atoms. The zero-order valence-corrected chi connectivity index (χ0v) is 22.8. The summed E-state index contributed by atoms with van der Waals surface area (Å²) in [7, 11) is 0. The quantitative estimate of drug-likeness (QED) is 0.156. The van der Waals surface area contributed by atoms with Crippen molar-refractivity contribution >= 4 is 29.1 Å². The summed E-state index contributed by atoms with van der Waals surface area (Å²) in [5, 5.41) is 23.6. The molecule has 3 aromatic carbocycles. The molecule has 0 heterocycles. The second kappa shape index (κ2) is 16.3. The van der Waals surface area contributed by atoms with E-state index in [1.54, 1.807) is 78.9 Å². The number of benzene rings is 3. The van der Waals surface area contributed by atoms with Gasteiger partial charge in [-0.3, -0.25) is 10.1 Å². The van der Waals surface area contributed by atoms with Crippen molar-refractivity contribution in [1.82, 2.24) is 0 Å². The highest BCUT2D eigenvalue weighted by atomic mass is 16.6. The molecular formula is C31H34N4O6. The molecule has 10 nitrogen and oxygen atoms in total. The largest absolute Gasteiger partial charge is 0.491 e. The first kappa shape index (κ1) is 30.7. The third-order valence-corrected chi connectivity index (χ3v) is 5.87. The number of hydrogen-bond acceptors (Lipinski definition) is 8. The highest BCUT2D eigenvalue weighted by molar-refractivity contribution is 6.01. The summed E-state index contributed by atoms with van der Waals surface area (Å²) in [6.45, 7) is 2.18. The molecule has 0 aliphatic heterocycles. The van der Waals surface area contributed by atoms with Gasteiger partial charge in [0.1, 0.15) is 12.4 Å². The van der Waals surface area contributed by atoms with Gasteiger partial charge < -0.3 is 30.4 Å². The van der Waals surface area contributed by atoms with Gasteiger partial charge in [0.25, 0.3) is 0 Å². The van der Waals surface area contributed by atoms with E-state index in [1.807, 2.05) is 13.0 Å². The maximum Gasteiger partial charge on any atom is 0.412 e. The van der Waals surface area contributed by atoms with Gasteiger partial charge in [0, 0.05) is 12.3 Å². The lowest BCUT2D eigenvalue weighted by Crippen LogP contribution is -2.29. The molecule has 0 spiro atoms. The minimum absolute atomic E-state index is 0.116. The zero-order chi connectivity index (χ0) is 29.5. The molecule has 3 aromatic rings. The number of nitrogens with two attached hydrogens (primary N) is 1. The molecule has 2 atom stereocenters. The normalized spacial score (nSPS) is 12.2. The number of para-hydroxylation sites is 2. The fraction of sp³-hybridized carbons (Fsp3) is 0.258. The first-order valence-corrected chi connectivity index (χ1v) is 13.2. The Morgan fingerprint density at radius 2 is 1.85 bits per heavy atom. The van der Waals surface area contributed by atoms with Crippen LogP contribution in [0.5, 0.6) is 5.75 Å². The maximum absolute atomic E-state index is 12.9. The van der Waals surface area contributed by atoms with Crippen LogP contribution in [0.15, 0.2) is 84.9 Å². The number of hydrogen-bond donors (Lipinski definition) is 4. The molecule has 0 saturated carbocycles. The van der Waals surface area contributed by atoms with E-state index in [9.17, 15) is 9.59 Å². The van der Waals surface area contributed by atoms with Crippen LogP contribution in [0.2, 0.25) is 0 Å². The summed E-state index contributed by atoms with van der Waals surface area (Å²) >= 11 is 0. The van der Waals surface area contributed by atoms with E-state index >= 15 is 0 Å². The number of carbonyl (C=O) groups is 2. The van der Waals surface area contributed by atoms with Crippen LogP contribution < -0.4 is 21.1 Å². The number of nitrogen functional groups attached to an aromatic ring is 1. The van der Waals surface area contributed by atoms with Gasteiger partial charge in [0.15, 0.2) is 6.10 Å². The van der Waals surface area contributed by atoms with Crippen LogP contribution in [-0.2, 0) is 14.3 Å². The van der Waals surface area contributed by atoms with Gasteiger partial charge in [0.2, 0.25) is 5.91 Å². The Morgan fingerprint density at radius 1 is 1.07 bits per heavy atom. The third kappa shape index (κ3) is 10.0. The molecule has 0 fully saturated rings. The molecular weight excluding hydrogens is 524 g/mol. The summed E-state index contributed by atoms with van der Waals surface area (Å²) in [6.07, 6.45) is 1.94. The molecule has 41 heavy (non-hydrogen) atoms. The van der Waals surface area contributed by atoms with Crippen LogP contribution >= 0.6 is 0 Å². The number of rotatable bonds is 14. The standard InChI is InChI=1S/C31H34N4O6/c1-2-39-28(12-5-6-13-29(37)35-27-11-4-3-10-26(27)33)30(23-8-7-9-25(20-23)40-19-18-36)41-31(38)34-24-16-14-22(21-32)15-17-24/h3-4,6-11,13-17,20,28,30,36H,2,5,12,18-19,33H2,1H3,(H,34,38)(H,35,37)/b13-6+/t28-,30-/m0/s1. The second-order valence-corrected chi connectivity index (χ2v) is 8.83. The average molecular weight is 559 g/mol. The van der Waals surface area contributed by atoms with Gasteiger partial charge in [-0.25, -0.2) is 4.79 Å². The Hall–Kier alpha value is -4.85. The van der Waals surface area contributed by atoms with Gasteiger partial charge in [0.05, 0.1) is 35.7 Å². The van der Waals surface area contributed by atoms with E-state index in [0.717, 1.165) is 0 Å². The topological polar surface area (TPSA) is 156 Å². The lowest BCUT2D eigenvalue weighted by molar-refractivity contribution is -0.111. The van der Waals surface area contributed by atoms with Crippen LogP contribution in [0.25, 0.3) is 0 Å². The second-order valence-electron chi connectivity index (χ2n) is 8.83. The monoisotopic (exact) mass is 558 g/mol. The van der Waals surface area contributed by atoms with Crippen molar-refractivity contribution in [3.8, 4) is 11.8 Å². The van der Waals surface area contributed by atoms with E-state index in [4.69, 9.17) is 30.3 Å². The SMILES string of the molecule is CCO[C@@H](CC/C=C/C(=O)Nc1ccccc1N)[C@@H](OC(=O)Nc1ccc(C#N)cc1)c1cccc(OCCO)c1. The van der Waals surface area contributed by atoms with E-state index in [-0.39, 0.29) is 19.1 Å². The predicted molar refractivity (Wildman–Crippen MR) is 156 cm³/mol. The molecule has 2 amide bonds. The van der Waals surface area contributed by atoms with Gasteiger partial charge >= 0.3 is 6.09 Å². The smallest absolute Gasteiger partial charge is 0.412 e. The highest BCUT2D eigenvalue weighted by Gasteiger charge is 2.28. The number of anilines is 3. The Kier molecular flexibility index (Phi) is 12.2. The van der Waals surface area contributed by atoms with Crippen LogP contribution in [0.4, 0.5) is 21.9 Å². The molecule has 0 unspecified atom stereocenters. The van der Waals surface area contributed by atoms with Crippen molar-refractivity contribution in [2.75, 3.05) is 36.2 Å². The molecule has 10 heteroatoms. The Labute approximate surface area is 239 Å². The number of aliphatic hydroxyl groups excluding tert-OH is 1. The predicted octanol–water partition coefficient (Wildman–Crippen LogP) is 5.18. The lowest BCUT2D eigenvalue weighted by atomic mass is 10.00. The van der Waals surface area contributed by atoms with E-state index in [1.165, 1.54) is 6.08 Å². The Bertz CT molecular complexity index is 1350. The van der Waals surface area contributed by atoms with Crippen LogP contribution in [-0.4, -0.2) is 43.0 Å². The molecule has 0 aromatic heterocycles. The lowest BCUT2D eigenvalue weighted by Gasteiger charge is -2.27. The zero-order valence-electron chi connectivity index (χ0n) is 22.8. The number of amides is 2. The first-order chi connectivity index (χ1) is 19.9. The molecule has 0 aliphatic rings. The number of nitriles is 1.